The topological polar surface area (TPSA) is 0 Å². The van der Waals surface area contributed by atoms with Gasteiger partial charge in [0.2, 0.25) is 0 Å². The molecular weight excluding hydrogens is 338 g/mol. The zero-order valence-corrected chi connectivity index (χ0v) is 16.5. The maximum Gasteiger partial charge on any atom is 0.159 e. The molecule has 0 atom stereocenters. The molecule has 0 nitrogen and oxygen atoms in total. The quantitative estimate of drug-likeness (QED) is 0.484. The van der Waals surface area contributed by atoms with Crippen molar-refractivity contribution in [3.63, 3.8) is 0 Å². The van der Waals surface area contributed by atoms with Crippen LogP contribution >= 0.6 is 0 Å². The lowest BCUT2D eigenvalue weighted by molar-refractivity contribution is 0.294. The predicted octanol–water partition coefficient (Wildman–Crippen LogP) is 7.40. The molecule has 3 rings (SSSR count). The molecule has 0 radical (unpaired) electrons. The van der Waals surface area contributed by atoms with E-state index in [0.717, 1.165) is 43.1 Å². The Kier molecular flexibility index (Phi) is 7.50. The van der Waals surface area contributed by atoms with Crippen molar-refractivity contribution < 1.29 is 8.78 Å². The van der Waals surface area contributed by atoms with Gasteiger partial charge in [0.1, 0.15) is 0 Å². The van der Waals surface area contributed by atoms with E-state index in [1.807, 2.05) is 0 Å². The summed E-state index contributed by atoms with van der Waals surface area (Å²) in [4.78, 5) is 0. The molecule has 0 N–H and O–H groups in total. The van der Waals surface area contributed by atoms with Crippen molar-refractivity contribution in [2.24, 2.45) is 17.8 Å². The van der Waals surface area contributed by atoms with Gasteiger partial charge >= 0.3 is 0 Å². The van der Waals surface area contributed by atoms with E-state index in [9.17, 15) is 8.78 Å². The molecule has 0 aromatic heterocycles. The molecule has 0 spiro atoms. The molecule has 0 saturated heterocycles. The first-order valence-corrected chi connectivity index (χ1v) is 10.8. The molecule has 0 bridgehead atoms. The fraction of sp³-hybridized carbons (Fsp3) is 0.600. The molecule has 0 heterocycles. The Balaban J connectivity index is 1.41. The zero-order valence-electron chi connectivity index (χ0n) is 16.5. The van der Waals surface area contributed by atoms with Crippen molar-refractivity contribution in [1.29, 1.82) is 0 Å². The van der Waals surface area contributed by atoms with E-state index in [4.69, 9.17) is 0 Å². The highest BCUT2D eigenvalue weighted by molar-refractivity contribution is 5.23. The summed E-state index contributed by atoms with van der Waals surface area (Å²) < 4.78 is 26.5. The van der Waals surface area contributed by atoms with E-state index >= 15 is 0 Å². The normalized spacial score (nSPS) is 28.7. The molecule has 2 aliphatic rings. The third-order valence-corrected chi connectivity index (χ3v) is 6.47. The highest BCUT2D eigenvalue weighted by atomic mass is 19.2. The SMILES string of the molecule is CCC[C@H]1CC[C@H](/C=C/C#C[C@H]2CC[C@H](c3ccc(F)c(F)c3)CC2)CC1. The average molecular weight is 371 g/mol. The van der Waals surface area contributed by atoms with Crippen molar-refractivity contribution in [3.8, 4) is 11.8 Å². The largest absolute Gasteiger partial charge is 0.204 e. The lowest BCUT2D eigenvalue weighted by Crippen LogP contribution is -2.13. The van der Waals surface area contributed by atoms with Crippen LogP contribution in [0.5, 0.6) is 0 Å². The van der Waals surface area contributed by atoms with Gasteiger partial charge in [0.05, 0.1) is 0 Å². The molecule has 0 amide bonds. The Morgan fingerprint density at radius 2 is 1.70 bits per heavy atom. The van der Waals surface area contributed by atoms with Crippen LogP contribution in [0.2, 0.25) is 0 Å². The summed E-state index contributed by atoms with van der Waals surface area (Å²) in [6.07, 6.45) is 16.6. The summed E-state index contributed by atoms with van der Waals surface area (Å²) in [5.74, 6) is 7.64. The Morgan fingerprint density at radius 1 is 0.963 bits per heavy atom. The van der Waals surface area contributed by atoms with Crippen LogP contribution in [0.1, 0.15) is 82.6 Å². The van der Waals surface area contributed by atoms with Gasteiger partial charge in [-0.2, -0.15) is 0 Å². The lowest BCUT2D eigenvalue weighted by Gasteiger charge is -2.26. The molecule has 2 fully saturated rings. The van der Waals surface area contributed by atoms with Crippen molar-refractivity contribution >= 4 is 0 Å². The molecule has 0 aliphatic heterocycles. The van der Waals surface area contributed by atoms with Gasteiger partial charge in [-0.15, -0.1) is 0 Å². The fourth-order valence-corrected chi connectivity index (χ4v) is 4.77. The Labute approximate surface area is 163 Å². The average Bonchev–Trinajstić information content (AvgIpc) is 2.69. The third-order valence-electron chi connectivity index (χ3n) is 6.47. The number of allylic oxidation sites excluding steroid dienone is 2. The molecule has 2 heteroatoms. The standard InChI is InChI=1S/C25H32F2/c1-2-5-19-8-10-20(11-9-19)6-3-4-7-21-12-14-22(15-13-21)23-16-17-24(26)25(27)18-23/h3,6,16-22H,2,5,8-15H2,1H3/b6-3+/t19-,20-,21-,22-. The third kappa shape index (κ3) is 5.93. The number of rotatable bonds is 4. The van der Waals surface area contributed by atoms with E-state index in [1.165, 1.54) is 50.7 Å². The van der Waals surface area contributed by atoms with Gasteiger partial charge < -0.3 is 0 Å². The Hall–Kier alpha value is -1.62. The van der Waals surface area contributed by atoms with Gasteiger partial charge in [0.25, 0.3) is 0 Å². The van der Waals surface area contributed by atoms with Gasteiger partial charge in [-0.05, 0) is 92.9 Å². The number of hydrogen-bond donors (Lipinski definition) is 0. The van der Waals surface area contributed by atoms with E-state index in [0.29, 0.717) is 11.8 Å². The molecule has 0 unspecified atom stereocenters. The van der Waals surface area contributed by atoms with Crippen LogP contribution in [0, 0.1) is 41.2 Å². The van der Waals surface area contributed by atoms with Crippen molar-refractivity contribution in [2.75, 3.05) is 0 Å². The van der Waals surface area contributed by atoms with Crippen molar-refractivity contribution in [2.45, 2.75) is 77.0 Å². The molecule has 1 aromatic rings. The summed E-state index contributed by atoms with van der Waals surface area (Å²) in [7, 11) is 0. The van der Waals surface area contributed by atoms with Gasteiger partial charge in [-0.3, -0.25) is 0 Å². The highest BCUT2D eigenvalue weighted by Gasteiger charge is 2.22. The molecular formula is C25H32F2. The van der Waals surface area contributed by atoms with E-state index < -0.39 is 11.6 Å². The summed E-state index contributed by atoms with van der Waals surface area (Å²) in [6.45, 7) is 2.28. The van der Waals surface area contributed by atoms with Gasteiger partial charge in [-0.25, -0.2) is 8.78 Å². The smallest absolute Gasteiger partial charge is 0.159 e. The number of benzene rings is 1. The minimum absolute atomic E-state index is 0.340. The van der Waals surface area contributed by atoms with E-state index in [1.54, 1.807) is 6.07 Å². The van der Waals surface area contributed by atoms with Crippen molar-refractivity contribution in [1.82, 2.24) is 0 Å². The summed E-state index contributed by atoms with van der Waals surface area (Å²) >= 11 is 0. The van der Waals surface area contributed by atoms with Gasteiger partial charge in [-0.1, -0.05) is 43.7 Å². The van der Waals surface area contributed by atoms with Crippen molar-refractivity contribution in [3.05, 3.63) is 47.5 Å². The fourth-order valence-electron chi connectivity index (χ4n) is 4.77. The first-order valence-electron chi connectivity index (χ1n) is 10.8. The van der Waals surface area contributed by atoms with Crippen LogP contribution in [0.15, 0.2) is 30.4 Å². The zero-order chi connectivity index (χ0) is 19.1. The first-order chi connectivity index (χ1) is 13.2. The molecule has 2 saturated carbocycles. The van der Waals surface area contributed by atoms with Crippen LogP contribution in [0.4, 0.5) is 8.78 Å². The second-order valence-corrected chi connectivity index (χ2v) is 8.44. The van der Waals surface area contributed by atoms with Crippen LogP contribution in [-0.2, 0) is 0 Å². The molecule has 27 heavy (non-hydrogen) atoms. The van der Waals surface area contributed by atoms with Crippen LogP contribution < -0.4 is 0 Å². The number of halogens is 2. The minimum atomic E-state index is -0.760. The molecule has 146 valence electrons. The molecule has 2 aliphatic carbocycles. The maximum absolute atomic E-state index is 13.4. The van der Waals surface area contributed by atoms with E-state index in [-0.39, 0.29) is 0 Å². The Morgan fingerprint density at radius 3 is 2.37 bits per heavy atom. The second kappa shape index (κ2) is 10.1. The lowest BCUT2D eigenvalue weighted by atomic mass is 9.79. The summed E-state index contributed by atoms with van der Waals surface area (Å²) in [5, 5.41) is 0. The summed E-state index contributed by atoms with van der Waals surface area (Å²) in [5.41, 5.74) is 0.930. The van der Waals surface area contributed by atoms with Crippen LogP contribution in [-0.4, -0.2) is 0 Å². The summed E-state index contributed by atoms with van der Waals surface area (Å²) in [6, 6.07) is 4.34. The van der Waals surface area contributed by atoms with Gasteiger partial charge in [0.15, 0.2) is 11.6 Å². The van der Waals surface area contributed by atoms with E-state index in [2.05, 4.69) is 30.9 Å². The molecule has 1 aromatic carbocycles. The second-order valence-electron chi connectivity index (χ2n) is 8.44. The first kappa shape index (κ1) is 20.1. The van der Waals surface area contributed by atoms with Gasteiger partial charge in [0, 0.05) is 5.92 Å². The highest BCUT2D eigenvalue weighted by Crippen LogP contribution is 2.36. The minimum Gasteiger partial charge on any atom is -0.204 e. The Bertz CT molecular complexity index is 678. The maximum atomic E-state index is 13.4. The predicted molar refractivity (Wildman–Crippen MR) is 108 cm³/mol. The van der Waals surface area contributed by atoms with Crippen LogP contribution in [0.3, 0.4) is 0 Å². The monoisotopic (exact) mass is 370 g/mol. The van der Waals surface area contributed by atoms with Crippen LogP contribution in [0.25, 0.3) is 0 Å². The number of hydrogen-bond acceptors (Lipinski definition) is 0.